The number of rotatable bonds is 6. The van der Waals surface area contributed by atoms with Gasteiger partial charge in [0.25, 0.3) is 0 Å². The van der Waals surface area contributed by atoms with Crippen LogP contribution in [0.25, 0.3) is 0 Å². The predicted octanol–water partition coefficient (Wildman–Crippen LogP) is 2.59. The highest BCUT2D eigenvalue weighted by molar-refractivity contribution is 5.72. The van der Waals surface area contributed by atoms with Crippen LogP contribution in [0.3, 0.4) is 0 Å². The minimum atomic E-state index is -0.354. The van der Waals surface area contributed by atoms with Gasteiger partial charge < -0.3 is 18.9 Å². The van der Waals surface area contributed by atoms with Crippen LogP contribution in [0.1, 0.15) is 25.0 Å². The van der Waals surface area contributed by atoms with Crippen LogP contribution in [0.15, 0.2) is 18.2 Å². The molecule has 0 unspecified atom stereocenters. The quantitative estimate of drug-likeness (QED) is 0.597. The van der Waals surface area contributed by atoms with Crippen molar-refractivity contribution in [3.8, 4) is 23.3 Å². The lowest BCUT2D eigenvalue weighted by atomic mass is 9.96. The zero-order valence-electron chi connectivity index (χ0n) is 13.6. The lowest BCUT2D eigenvalue weighted by Crippen LogP contribution is -2.12. The van der Waals surface area contributed by atoms with Gasteiger partial charge in [0.15, 0.2) is 0 Å². The van der Waals surface area contributed by atoms with E-state index in [2.05, 4.69) is 16.6 Å². The minimum absolute atomic E-state index is 0.0620. The number of esters is 1. The van der Waals surface area contributed by atoms with Gasteiger partial charge in [0.05, 0.1) is 27.4 Å². The number of hydrogen-bond acceptors (Lipinski definition) is 5. The van der Waals surface area contributed by atoms with Crippen LogP contribution < -0.4 is 9.47 Å². The van der Waals surface area contributed by atoms with E-state index in [1.807, 2.05) is 25.1 Å². The predicted molar refractivity (Wildman–Crippen MR) is 82.9 cm³/mol. The molecule has 0 aliphatic carbocycles. The second-order valence-electron chi connectivity index (χ2n) is 4.63. The third kappa shape index (κ3) is 4.68. The molecule has 0 N–H and O–H groups in total. The van der Waals surface area contributed by atoms with Crippen LogP contribution >= 0.6 is 0 Å². The first-order valence-electron chi connectivity index (χ1n) is 6.87. The fourth-order valence-electron chi connectivity index (χ4n) is 2.09. The maximum Gasteiger partial charge on any atom is 0.317 e. The number of carbonyl (C=O) groups is 1. The molecular weight excluding hydrogens is 284 g/mol. The third-order valence-electron chi connectivity index (χ3n) is 3.24. The van der Waals surface area contributed by atoms with Crippen LogP contribution in [0, 0.1) is 17.8 Å². The second-order valence-corrected chi connectivity index (χ2v) is 4.63. The summed E-state index contributed by atoms with van der Waals surface area (Å²) in [7, 11) is 6.16. The molecule has 0 amide bonds. The Morgan fingerprint density at radius 2 is 1.91 bits per heavy atom. The van der Waals surface area contributed by atoms with Crippen LogP contribution in [0.4, 0.5) is 0 Å². The number of hydrogen-bond donors (Lipinski definition) is 0. The Morgan fingerprint density at radius 1 is 1.18 bits per heavy atom. The Kier molecular flexibility index (Phi) is 7.27. The zero-order valence-corrected chi connectivity index (χ0v) is 13.6. The standard InChI is InChI=1S/C17H22O5/c1-12(7-6-8-16(18)21-4)17(22-5)14-11-13(19-2)9-10-15(14)20-3/h9-12,17H,8H2,1-5H3/t12-,17+/m0/s1. The molecule has 0 heterocycles. The average molecular weight is 306 g/mol. The summed E-state index contributed by atoms with van der Waals surface area (Å²) in [6.07, 6.45) is -0.234. The smallest absolute Gasteiger partial charge is 0.317 e. The molecule has 120 valence electrons. The first-order valence-corrected chi connectivity index (χ1v) is 6.87. The van der Waals surface area contributed by atoms with Gasteiger partial charge in [-0.25, -0.2) is 0 Å². The van der Waals surface area contributed by atoms with E-state index < -0.39 is 0 Å². The number of benzene rings is 1. The zero-order chi connectivity index (χ0) is 16.5. The van der Waals surface area contributed by atoms with Crippen molar-refractivity contribution in [3.05, 3.63) is 23.8 Å². The number of carbonyl (C=O) groups excluding carboxylic acids is 1. The van der Waals surface area contributed by atoms with Gasteiger partial charge in [0, 0.05) is 18.6 Å². The highest BCUT2D eigenvalue weighted by atomic mass is 16.5. The molecule has 0 fully saturated rings. The van der Waals surface area contributed by atoms with Crippen molar-refractivity contribution in [2.45, 2.75) is 19.4 Å². The molecule has 5 nitrogen and oxygen atoms in total. The molecule has 5 heteroatoms. The highest BCUT2D eigenvalue weighted by Crippen LogP contribution is 2.35. The molecule has 1 rings (SSSR count). The Hall–Kier alpha value is -2.19. The number of methoxy groups -OCH3 is 4. The fourth-order valence-corrected chi connectivity index (χ4v) is 2.09. The van der Waals surface area contributed by atoms with E-state index in [9.17, 15) is 4.79 Å². The van der Waals surface area contributed by atoms with Gasteiger partial charge in [0.2, 0.25) is 0 Å². The summed E-state index contributed by atoms with van der Waals surface area (Å²) in [4.78, 5) is 11.1. The Bertz CT molecular complexity index is 556. The second kappa shape index (κ2) is 8.96. The van der Waals surface area contributed by atoms with Gasteiger partial charge in [-0.2, -0.15) is 0 Å². The first-order chi connectivity index (χ1) is 10.6. The van der Waals surface area contributed by atoms with Gasteiger partial charge in [0.1, 0.15) is 17.9 Å². The molecule has 22 heavy (non-hydrogen) atoms. The van der Waals surface area contributed by atoms with Crippen molar-refractivity contribution in [3.63, 3.8) is 0 Å². The molecule has 2 atom stereocenters. The maximum absolute atomic E-state index is 11.1. The monoisotopic (exact) mass is 306 g/mol. The topological polar surface area (TPSA) is 54.0 Å². The highest BCUT2D eigenvalue weighted by Gasteiger charge is 2.22. The maximum atomic E-state index is 11.1. The third-order valence-corrected chi connectivity index (χ3v) is 3.24. The SMILES string of the molecule is COC(=O)CC#C[C@H](C)[C@@H](OC)c1cc(OC)ccc1OC. The molecule has 1 aromatic rings. The van der Waals surface area contributed by atoms with Crippen molar-refractivity contribution < 1.29 is 23.7 Å². The summed E-state index contributed by atoms with van der Waals surface area (Å²) in [5.74, 6) is 6.76. The van der Waals surface area contributed by atoms with Crippen molar-refractivity contribution >= 4 is 5.97 Å². The van der Waals surface area contributed by atoms with Gasteiger partial charge in [-0.3, -0.25) is 4.79 Å². The van der Waals surface area contributed by atoms with E-state index in [4.69, 9.17) is 14.2 Å². The molecule has 1 aromatic carbocycles. The molecule has 0 spiro atoms. The summed E-state index contributed by atoms with van der Waals surface area (Å²) in [5, 5.41) is 0. The summed E-state index contributed by atoms with van der Waals surface area (Å²) in [5.41, 5.74) is 0.851. The van der Waals surface area contributed by atoms with Crippen LogP contribution in [0.5, 0.6) is 11.5 Å². The molecule has 0 saturated heterocycles. The molecule has 0 aliphatic rings. The minimum Gasteiger partial charge on any atom is -0.497 e. The summed E-state index contributed by atoms with van der Waals surface area (Å²) in [6, 6.07) is 5.52. The molecule has 0 bridgehead atoms. The molecular formula is C17H22O5. The fraction of sp³-hybridized carbons (Fsp3) is 0.471. The lowest BCUT2D eigenvalue weighted by Gasteiger charge is -2.22. The Balaban J connectivity index is 3.01. The Morgan fingerprint density at radius 3 is 2.45 bits per heavy atom. The van der Waals surface area contributed by atoms with Crippen molar-refractivity contribution in [2.75, 3.05) is 28.4 Å². The first kappa shape index (κ1) is 17.9. The summed E-state index contributed by atoms with van der Waals surface area (Å²) in [6.45, 7) is 1.93. The van der Waals surface area contributed by atoms with Crippen LogP contribution in [0.2, 0.25) is 0 Å². The van der Waals surface area contributed by atoms with E-state index in [1.54, 1.807) is 21.3 Å². The van der Waals surface area contributed by atoms with E-state index in [0.29, 0.717) is 11.5 Å². The van der Waals surface area contributed by atoms with Crippen LogP contribution in [-0.4, -0.2) is 34.4 Å². The lowest BCUT2D eigenvalue weighted by molar-refractivity contribution is -0.139. The molecule has 0 aromatic heterocycles. The van der Waals surface area contributed by atoms with Gasteiger partial charge in [-0.1, -0.05) is 11.8 Å². The summed E-state index contributed by atoms with van der Waals surface area (Å²) < 4.78 is 20.8. The van der Waals surface area contributed by atoms with Gasteiger partial charge >= 0.3 is 5.97 Å². The number of ether oxygens (including phenoxy) is 4. The van der Waals surface area contributed by atoms with E-state index in [-0.39, 0.29) is 24.4 Å². The summed E-state index contributed by atoms with van der Waals surface area (Å²) >= 11 is 0. The molecule has 0 aliphatic heterocycles. The largest absolute Gasteiger partial charge is 0.497 e. The normalized spacial score (nSPS) is 12.6. The van der Waals surface area contributed by atoms with E-state index >= 15 is 0 Å². The average Bonchev–Trinajstić information content (AvgIpc) is 2.55. The molecule has 0 saturated carbocycles. The van der Waals surface area contributed by atoms with Crippen molar-refractivity contribution in [2.24, 2.45) is 5.92 Å². The van der Waals surface area contributed by atoms with Crippen molar-refractivity contribution in [1.82, 2.24) is 0 Å². The van der Waals surface area contributed by atoms with Gasteiger partial charge in [-0.05, 0) is 25.1 Å². The van der Waals surface area contributed by atoms with E-state index in [1.165, 1.54) is 7.11 Å². The molecule has 0 radical (unpaired) electrons. The van der Waals surface area contributed by atoms with E-state index in [0.717, 1.165) is 5.56 Å². The van der Waals surface area contributed by atoms with Gasteiger partial charge in [-0.15, -0.1) is 0 Å². The van der Waals surface area contributed by atoms with Crippen molar-refractivity contribution in [1.29, 1.82) is 0 Å². The Labute approximate surface area is 131 Å². The van der Waals surface area contributed by atoms with Crippen LogP contribution in [-0.2, 0) is 14.3 Å².